The molecule has 1 aliphatic heterocycles. The maximum atomic E-state index is 11.9. The zero-order valence-electron chi connectivity index (χ0n) is 14.8. The average molecular weight is 353 g/mol. The third-order valence-electron chi connectivity index (χ3n) is 4.51. The van der Waals surface area contributed by atoms with E-state index in [2.05, 4.69) is 48.0 Å². The van der Waals surface area contributed by atoms with Crippen molar-refractivity contribution < 1.29 is 9.53 Å². The van der Waals surface area contributed by atoms with Crippen LogP contribution in [0.3, 0.4) is 0 Å². The number of nitrogens with one attached hydrogen (secondary N) is 1. The van der Waals surface area contributed by atoms with Crippen molar-refractivity contribution in [3.63, 3.8) is 0 Å². The first kappa shape index (κ1) is 17.6. The Labute approximate surface area is 153 Å². The summed E-state index contributed by atoms with van der Waals surface area (Å²) in [5.74, 6) is 0.892. The van der Waals surface area contributed by atoms with E-state index < -0.39 is 0 Å². The lowest BCUT2D eigenvalue weighted by Crippen LogP contribution is -2.34. The fourth-order valence-corrected chi connectivity index (χ4v) is 3.28. The SMILES string of the molecule is C/C=C(\C)C(=O)NC[C@H]1Cc2cc(-c3ccc(SC)cc3)ccc2O1. The highest BCUT2D eigenvalue weighted by Crippen LogP contribution is 2.33. The minimum Gasteiger partial charge on any atom is -0.488 e. The summed E-state index contributed by atoms with van der Waals surface area (Å²) in [6.45, 7) is 4.20. The second-order valence-corrected chi connectivity index (χ2v) is 7.06. The Balaban J connectivity index is 1.67. The molecule has 0 spiro atoms. The maximum absolute atomic E-state index is 11.9. The number of hydrogen-bond acceptors (Lipinski definition) is 3. The molecule has 3 rings (SSSR count). The molecule has 0 bridgehead atoms. The van der Waals surface area contributed by atoms with Gasteiger partial charge in [-0.05, 0) is 61.1 Å². The highest BCUT2D eigenvalue weighted by atomic mass is 32.2. The van der Waals surface area contributed by atoms with Gasteiger partial charge in [0.05, 0.1) is 6.54 Å². The van der Waals surface area contributed by atoms with E-state index in [-0.39, 0.29) is 12.0 Å². The van der Waals surface area contributed by atoms with Gasteiger partial charge in [-0.3, -0.25) is 4.79 Å². The molecule has 1 amide bonds. The zero-order valence-corrected chi connectivity index (χ0v) is 15.7. The first-order valence-corrected chi connectivity index (χ1v) is 9.68. The molecule has 0 aromatic heterocycles. The summed E-state index contributed by atoms with van der Waals surface area (Å²) < 4.78 is 5.96. The third kappa shape index (κ3) is 4.07. The molecule has 0 unspecified atom stereocenters. The second-order valence-electron chi connectivity index (χ2n) is 6.18. The molecule has 0 radical (unpaired) electrons. The zero-order chi connectivity index (χ0) is 17.8. The molecule has 0 saturated carbocycles. The first-order chi connectivity index (χ1) is 12.1. The molecule has 0 aliphatic carbocycles. The summed E-state index contributed by atoms with van der Waals surface area (Å²) in [7, 11) is 0. The lowest BCUT2D eigenvalue weighted by Gasteiger charge is -2.11. The summed E-state index contributed by atoms with van der Waals surface area (Å²) in [6, 6.07) is 14.9. The smallest absolute Gasteiger partial charge is 0.246 e. The van der Waals surface area contributed by atoms with Crippen LogP contribution in [-0.2, 0) is 11.2 Å². The van der Waals surface area contributed by atoms with E-state index in [1.165, 1.54) is 21.6 Å². The van der Waals surface area contributed by atoms with Gasteiger partial charge in [-0.2, -0.15) is 0 Å². The molecule has 2 aromatic carbocycles. The minimum absolute atomic E-state index is 0.00211. The number of benzene rings is 2. The number of ether oxygens (including phenoxy) is 1. The summed E-state index contributed by atoms with van der Waals surface area (Å²) in [6.07, 6.45) is 4.71. The fraction of sp³-hybridized carbons (Fsp3) is 0.286. The number of thioether (sulfide) groups is 1. The number of fused-ring (bicyclic) bond motifs is 1. The van der Waals surface area contributed by atoms with Gasteiger partial charge in [0.2, 0.25) is 5.91 Å². The van der Waals surface area contributed by atoms with E-state index in [1.54, 1.807) is 11.8 Å². The summed E-state index contributed by atoms with van der Waals surface area (Å²) in [5.41, 5.74) is 4.34. The molecule has 1 atom stereocenters. The van der Waals surface area contributed by atoms with Crippen LogP contribution in [0.4, 0.5) is 0 Å². The second kappa shape index (κ2) is 7.79. The Bertz CT molecular complexity index is 796. The highest BCUT2D eigenvalue weighted by molar-refractivity contribution is 7.98. The van der Waals surface area contributed by atoms with Gasteiger partial charge in [0.25, 0.3) is 0 Å². The van der Waals surface area contributed by atoms with E-state index >= 15 is 0 Å². The summed E-state index contributed by atoms with van der Waals surface area (Å²) in [4.78, 5) is 13.1. The molecule has 0 fully saturated rings. The van der Waals surface area contributed by atoms with E-state index in [9.17, 15) is 4.79 Å². The van der Waals surface area contributed by atoms with Crippen LogP contribution in [-0.4, -0.2) is 24.8 Å². The van der Waals surface area contributed by atoms with Crippen molar-refractivity contribution in [2.45, 2.75) is 31.3 Å². The van der Waals surface area contributed by atoms with Crippen molar-refractivity contribution in [3.05, 3.63) is 59.7 Å². The van der Waals surface area contributed by atoms with Crippen molar-refractivity contribution in [3.8, 4) is 16.9 Å². The van der Waals surface area contributed by atoms with Crippen molar-refractivity contribution in [2.75, 3.05) is 12.8 Å². The molecule has 0 saturated heterocycles. The predicted molar refractivity (Wildman–Crippen MR) is 104 cm³/mol. The fourth-order valence-electron chi connectivity index (χ4n) is 2.87. The number of allylic oxidation sites excluding steroid dienone is 1. The van der Waals surface area contributed by atoms with Crippen LogP contribution in [0.15, 0.2) is 59.0 Å². The molecule has 2 aromatic rings. The quantitative estimate of drug-likeness (QED) is 0.637. The van der Waals surface area contributed by atoms with Crippen molar-refractivity contribution in [2.24, 2.45) is 0 Å². The summed E-state index contributed by atoms with van der Waals surface area (Å²) in [5, 5.41) is 2.93. The molecular weight excluding hydrogens is 330 g/mol. The van der Waals surface area contributed by atoms with Gasteiger partial charge < -0.3 is 10.1 Å². The van der Waals surface area contributed by atoms with Gasteiger partial charge in [-0.15, -0.1) is 11.8 Å². The average Bonchev–Trinajstić information content (AvgIpc) is 3.07. The van der Waals surface area contributed by atoms with E-state index in [4.69, 9.17) is 4.74 Å². The Morgan fingerprint density at radius 3 is 2.64 bits per heavy atom. The molecule has 1 heterocycles. The molecule has 25 heavy (non-hydrogen) atoms. The number of hydrogen-bond donors (Lipinski definition) is 1. The Hall–Kier alpha value is -2.20. The molecule has 1 N–H and O–H groups in total. The topological polar surface area (TPSA) is 38.3 Å². The van der Waals surface area contributed by atoms with Crippen molar-refractivity contribution in [1.29, 1.82) is 0 Å². The standard InChI is InChI=1S/C21H23NO2S/c1-4-14(2)21(23)22-13-18-12-17-11-16(7-10-20(17)24-18)15-5-8-19(25-3)9-6-15/h4-11,18H,12-13H2,1-3H3,(H,22,23)/b14-4+/t18-/m1/s1. The van der Waals surface area contributed by atoms with Gasteiger partial charge in [0.1, 0.15) is 11.9 Å². The Morgan fingerprint density at radius 2 is 1.96 bits per heavy atom. The van der Waals surface area contributed by atoms with Gasteiger partial charge in [-0.1, -0.05) is 24.3 Å². The van der Waals surface area contributed by atoms with Crippen LogP contribution in [0, 0.1) is 0 Å². The monoisotopic (exact) mass is 353 g/mol. The van der Waals surface area contributed by atoms with Crippen LogP contribution in [0.1, 0.15) is 19.4 Å². The summed E-state index contributed by atoms with van der Waals surface area (Å²) >= 11 is 1.75. The van der Waals surface area contributed by atoms with Crippen molar-refractivity contribution in [1.82, 2.24) is 5.32 Å². The van der Waals surface area contributed by atoms with Crippen LogP contribution in [0.5, 0.6) is 5.75 Å². The minimum atomic E-state index is -0.0309. The lowest BCUT2D eigenvalue weighted by atomic mass is 10.0. The van der Waals surface area contributed by atoms with Crippen LogP contribution in [0.25, 0.3) is 11.1 Å². The van der Waals surface area contributed by atoms with Crippen LogP contribution in [0.2, 0.25) is 0 Å². The van der Waals surface area contributed by atoms with E-state index in [1.807, 2.05) is 26.0 Å². The largest absolute Gasteiger partial charge is 0.488 e. The van der Waals surface area contributed by atoms with Gasteiger partial charge in [-0.25, -0.2) is 0 Å². The normalized spacial score (nSPS) is 16.3. The lowest BCUT2D eigenvalue weighted by molar-refractivity contribution is -0.117. The Kier molecular flexibility index (Phi) is 5.49. The number of carbonyl (C=O) groups excluding carboxylic acids is 1. The molecule has 4 heteroatoms. The number of amides is 1. The number of rotatable bonds is 5. The Morgan fingerprint density at radius 1 is 1.24 bits per heavy atom. The van der Waals surface area contributed by atoms with Gasteiger partial charge in [0.15, 0.2) is 0 Å². The first-order valence-electron chi connectivity index (χ1n) is 8.46. The van der Waals surface area contributed by atoms with Gasteiger partial charge >= 0.3 is 0 Å². The maximum Gasteiger partial charge on any atom is 0.246 e. The van der Waals surface area contributed by atoms with Gasteiger partial charge in [0, 0.05) is 16.9 Å². The molecule has 130 valence electrons. The molecule has 1 aliphatic rings. The van der Waals surface area contributed by atoms with E-state index in [0.29, 0.717) is 6.54 Å². The molecule has 3 nitrogen and oxygen atoms in total. The highest BCUT2D eigenvalue weighted by Gasteiger charge is 2.23. The molecular formula is C21H23NO2S. The van der Waals surface area contributed by atoms with Crippen LogP contribution < -0.4 is 10.1 Å². The third-order valence-corrected chi connectivity index (χ3v) is 5.25. The van der Waals surface area contributed by atoms with Crippen LogP contribution >= 0.6 is 11.8 Å². The van der Waals surface area contributed by atoms with Crippen molar-refractivity contribution >= 4 is 17.7 Å². The van der Waals surface area contributed by atoms with E-state index in [0.717, 1.165) is 17.7 Å². The number of carbonyl (C=O) groups is 1. The predicted octanol–water partition coefficient (Wildman–Crippen LogP) is 4.46.